The molecule has 156 valence electrons. The second-order valence-corrected chi connectivity index (χ2v) is 8.24. The standard InChI is InChI=1S/C24H36O4/c1-2-3-6-10-22(25)19-14-12-18(13-15-19)20-16-17-23(26)21(20)9-7-4-5-8-11-24(27)28/h12-15,20-22,25H,2-11,16-17H2,1H3,(H,27,28)/t20-,21?,22-/m0/s1. The van der Waals surface area contributed by atoms with E-state index in [9.17, 15) is 14.7 Å². The van der Waals surface area contributed by atoms with Gasteiger partial charge in [-0.15, -0.1) is 0 Å². The Hall–Kier alpha value is -1.68. The molecule has 4 heteroatoms. The monoisotopic (exact) mass is 388 g/mol. The average Bonchev–Trinajstić information content (AvgIpc) is 3.05. The molecule has 0 bridgehead atoms. The zero-order chi connectivity index (χ0) is 20.4. The van der Waals surface area contributed by atoms with Crippen LogP contribution in [0.15, 0.2) is 24.3 Å². The topological polar surface area (TPSA) is 74.6 Å². The van der Waals surface area contributed by atoms with Crippen molar-refractivity contribution in [2.24, 2.45) is 5.92 Å². The minimum Gasteiger partial charge on any atom is -0.481 e. The lowest BCUT2D eigenvalue weighted by atomic mass is 9.84. The van der Waals surface area contributed by atoms with E-state index in [4.69, 9.17) is 5.11 Å². The first-order valence-corrected chi connectivity index (χ1v) is 11.0. The Kier molecular flexibility index (Phi) is 9.69. The van der Waals surface area contributed by atoms with Gasteiger partial charge in [0.25, 0.3) is 0 Å². The number of carbonyl (C=O) groups excluding carboxylic acids is 1. The molecule has 2 rings (SSSR count). The molecule has 0 radical (unpaired) electrons. The molecule has 2 N–H and O–H groups in total. The molecule has 0 aliphatic heterocycles. The second kappa shape index (κ2) is 12.0. The molecule has 1 aliphatic rings. The molecule has 1 saturated carbocycles. The van der Waals surface area contributed by atoms with Crippen molar-refractivity contribution >= 4 is 11.8 Å². The number of Topliss-reactive ketones (excluding diaryl/α,β-unsaturated/α-hetero) is 1. The number of carbonyl (C=O) groups is 2. The van der Waals surface area contributed by atoms with Crippen LogP contribution >= 0.6 is 0 Å². The molecule has 0 heterocycles. The second-order valence-electron chi connectivity index (χ2n) is 8.24. The molecule has 0 spiro atoms. The maximum atomic E-state index is 12.4. The molecule has 0 saturated heterocycles. The predicted octanol–water partition coefficient (Wildman–Crippen LogP) is 5.79. The predicted molar refractivity (Wildman–Crippen MR) is 111 cm³/mol. The van der Waals surface area contributed by atoms with Crippen LogP contribution in [0.1, 0.15) is 107 Å². The highest BCUT2D eigenvalue weighted by atomic mass is 16.4. The molecule has 1 aromatic carbocycles. The van der Waals surface area contributed by atoms with Crippen molar-refractivity contribution in [1.82, 2.24) is 0 Å². The summed E-state index contributed by atoms with van der Waals surface area (Å²) in [5.41, 5.74) is 2.19. The lowest BCUT2D eigenvalue weighted by Gasteiger charge is -2.20. The Morgan fingerprint density at radius 2 is 1.79 bits per heavy atom. The van der Waals surface area contributed by atoms with Gasteiger partial charge < -0.3 is 10.2 Å². The Balaban J connectivity index is 1.84. The maximum Gasteiger partial charge on any atom is 0.303 e. The average molecular weight is 389 g/mol. The van der Waals surface area contributed by atoms with Gasteiger partial charge in [0, 0.05) is 18.8 Å². The number of aliphatic hydroxyl groups excluding tert-OH is 1. The van der Waals surface area contributed by atoms with Gasteiger partial charge in [-0.2, -0.15) is 0 Å². The van der Waals surface area contributed by atoms with Crippen molar-refractivity contribution in [2.45, 2.75) is 96.0 Å². The van der Waals surface area contributed by atoms with Crippen molar-refractivity contribution in [2.75, 3.05) is 0 Å². The van der Waals surface area contributed by atoms with Crippen LogP contribution < -0.4 is 0 Å². The molecule has 0 amide bonds. The Morgan fingerprint density at radius 3 is 2.46 bits per heavy atom. The summed E-state index contributed by atoms with van der Waals surface area (Å²) in [5.74, 6) is 0.0294. The van der Waals surface area contributed by atoms with Crippen LogP contribution in [0.2, 0.25) is 0 Å². The number of hydrogen-bond acceptors (Lipinski definition) is 3. The van der Waals surface area contributed by atoms with Crippen molar-refractivity contribution < 1.29 is 19.8 Å². The fourth-order valence-corrected chi connectivity index (χ4v) is 4.38. The van der Waals surface area contributed by atoms with E-state index in [-0.39, 0.29) is 18.3 Å². The van der Waals surface area contributed by atoms with Gasteiger partial charge in [0.05, 0.1) is 6.10 Å². The molecule has 28 heavy (non-hydrogen) atoms. The Bertz CT molecular complexity index is 608. The first-order chi connectivity index (χ1) is 13.5. The molecule has 1 unspecified atom stereocenters. The minimum absolute atomic E-state index is 0.0970. The van der Waals surface area contributed by atoms with Gasteiger partial charge in [0.15, 0.2) is 0 Å². The number of benzene rings is 1. The zero-order valence-electron chi connectivity index (χ0n) is 17.2. The summed E-state index contributed by atoms with van der Waals surface area (Å²) in [7, 11) is 0. The molecule has 1 aliphatic carbocycles. The highest BCUT2D eigenvalue weighted by molar-refractivity contribution is 5.84. The molecule has 3 atom stereocenters. The molecular formula is C24H36O4. The van der Waals surface area contributed by atoms with Crippen LogP contribution in [0, 0.1) is 5.92 Å². The van der Waals surface area contributed by atoms with Gasteiger partial charge in [-0.05, 0) is 42.7 Å². The van der Waals surface area contributed by atoms with Crippen LogP contribution in [0.3, 0.4) is 0 Å². The number of hydrogen-bond donors (Lipinski definition) is 2. The maximum absolute atomic E-state index is 12.4. The number of aliphatic carboxylic acids is 1. The third kappa shape index (κ3) is 7.05. The van der Waals surface area contributed by atoms with Crippen molar-refractivity contribution in [3.8, 4) is 0 Å². The molecule has 1 fully saturated rings. The number of carboxylic acids is 1. The van der Waals surface area contributed by atoms with Crippen LogP contribution in [0.25, 0.3) is 0 Å². The number of unbranched alkanes of at least 4 members (excludes halogenated alkanes) is 5. The van der Waals surface area contributed by atoms with Crippen LogP contribution in [0.5, 0.6) is 0 Å². The van der Waals surface area contributed by atoms with Gasteiger partial charge in [0.1, 0.15) is 5.78 Å². The number of rotatable bonds is 13. The van der Waals surface area contributed by atoms with Crippen molar-refractivity contribution in [3.05, 3.63) is 35.4 Å². The highest BCUT2D eigenvalue weighted by Gasteiger charge is 2.34. The third-order valence-electron chi connectivity index (χ3n) is 6.09. The van der Waals surface area contributed by atoms with Crippen molar-refractivity contribution in [1.29, 1.82) is 0 Å². The van der Waals surface area contributed by atoms with Gasteiger partial charge in [-0.25, -0.2) is 0 Å². The zero-order valence-corrected chi connectivity index (χ0v) is 17.2. The summed E-state index contributed by atoms with van der Waals surface area (Å²) in [6, 6.07) is 8.25. The first-order valence-electron chi connectivity index (χ1n) is 11.0. The SMILES string of the molecule is CCCCC[C@H](O)c1ccc([C@@H]2CCC(=O)C2CCCCCCC(=O)O)cc1. The van der Waals surface area contributed by atoms with E-state index >= 15 is 0 Å². The van der Waals surface area contributed by atoms with Crippen LogP contribution in [0.4, 0.5) is 0 Å². The quantitative estimate of drug-likeness (QED) is 0.420. The number of aliphatic hydroxyl groups is 1. The van der Waals surface area contributed by atoms with Gasteiger partial charge in [-0.1, -0.05) is 69.7 Å². The van der Waals surface area contributed by atoms with E-state index in [1.165, 1.54) is 5.56 Å². The fourth-order valence-electron chi connectivity index (χ4n) is 4.38. The van der Waals surface area contributed by atoms with Gasteiger partial charge >= 0.3 is 5.97 Å². The summed E-state index contributed by atoms with van der Waals surface area (Å²) in [6.45, 7) is 2.16. The van der Waals surface area contributed by atoms with E-state index in [1.807, 2.05) is 12.1 Å². The number of carboxylic acid groups (broad SMARTS) is 1. The van der Waals surface area contributed by atoms with Gasteiger partial charge in [0.2, 0.25) is 0 Å². The summed E-state index contributed by atoms with van der Waals surface area (Å²) in [4.78, 5) is 22.9. The van der Waals surface area contributed by atoms with Crippen LogP contribution in [-0.4, -0.2) is 22.0 Å². The Morgan fingerprint density at radius 1 is 1.07 bits per heavy atom. The minimum atomic E-state index is -0.732. The normalized spacial score (nSPS) is 20.4. The highest BCUT2D eigenvalue weighted by Crippen LogP contribution is 2.40. The molecular weight excluding hydrogens is 352 g/mol. The van der Waals surface area contributed by atoms with E-state index in [1.54, 1.807) is 0 Å². The fraction of sp³-hybridized carbons (Fsp3) is 0.667. The summed E-state index contributed by atoms with van der Waals surface area (Å²) < 4.78 is 0. The van der Waals surface area contributed by atoms with E-state index in [2.05, 4.69) is 19.1 Å². The largest absolute Gasteiger partial charge is 0.481 e. The first kappa shape index (κ1) is 22.6. The van der Waals surface area contributed by atoms with Gasteiger partial charge in [-0.3, -0.25) is 9.59 Å². The lowest BCUT2D eigenvalue weighted by molar-refractivity contribution is -0.137. The van der Waals surface area contributed by atoms with Crippen molar-refractivity contribution in [3.63, 3.8) is 0 Å². The summed E-state index contributed by atoms with van der Waals surface area (Å²) >= 11 is 0. The van der Waals surface area contributed by atoms with Crippen LogP contribution in [-0.2, 0) is 9.59 Å². The number of ketones is 1. The smallest absolute Gasteiger partial charge is 0.303 e. The van der Waals surface area contributed by atoms with E-state index < -0.39 is 12.1 Å². The summed E-state index contributed by atoms with van der Waals surface area (Å²) in [5, 5.41) is 19.0. The van der Waals surface area contributed by atoms with E-state index in [0.717, 1.165) is 69.8 Å². The summed E-state index contributed by atoms with van der Waals surface area (Å²) in [6.07, 6.45) is 10.1. The third-order valence-corrected chi connectivity index (χ3v) is 6.09. The van der Waals surface area contributed by atoms with E-state index in [0.29, 0.717) is 12.2 Å². The Labute approximate surface area is 169 Å². The molecule has 0 aromatic heterocycles. The molecule has 1 aromatic rings. The lowest BCUT2D eigenvalue weighted by Crippen LogP contribution is -2.13. The molecule has 4 nitrogen and oxygen atoms in total.